The highest BCUT2D eigenvalue weighted by Gasteiger charge is 2.44. The van der Waals surface area contributed by atoms with Crippen molar-refractivity contribution >= 4 is 12.2 Å². The van der Waals surface area contributed by atoms with Crippen molar-refractivity contribution in [3.63, 3.8) is 0 Å². The zero-order chi connectivity index (χ0) is 24.5. The van der Waals surface area contributed by atoms with E-state index in [4.69, 9.17) is 14.2 Å². The van der Waals surface area contributed by atoms with Crippen LogP contribution < -0.4 is 9.47 Å². The van der Waals surface area contributed by atoms with Crippen molar-refractivity contribution in [3.8, 4) is 11.5 Å². The first-order valence-electron chi connectivity index (χ1n) is 12.1. The van der Waals surface area contributed by atoms with E-state index in [9.17, 15) is 9.59 Å². The standard InChI is InChI=1S/C28H35NO5/c1-19(2)33-25-17-28(34-23-9-7-6-8-21(23)25)12-14-29(15-13-28)26(31)20-10-11-22(24(16-20)32-5)27(3,4)18-30/h6-11,16,18-19,25H,12-15,17H2,1-5H3/t25-/m1/s1. The normalized spacial score (nSPS) is 19.5. The van der Waals surface area contributed by atoms with Gasteiger partial charge in [0.05, 0.1) is 19.3 Å². The van der Waals surface area contributed by atoms with Crippen molar-refractivity contribution in [2.45, 2.75) is 70.2 Å². The topological polar surface area (TPSA) is 65.1 Å². The van der Waals surface area contributed by atoms with Crippen LogP contribution >= 0.6 is 0 Å². The lowest BCUT2D eigenvalue weighted by atomic mass is 9.81. The van der Waals surface area contributed by atoms with Gasteiger partial charge in [0.1, 0.15) is 23.4 Å². The zero-order valence-electron chi connectivity index (χ0n) is 20.8. The molecule has 2 aliphatic heterocycles. The molecule has 2 heterocycles. The molecule has 182 valence electrons. The van der Waals surface area contributed by atoms with Gasteiger partial charge in [-0.05, 0) is 45.9 Å². The van der Waals surface area contributed by atoms with Gasteiger partial charge in [0, 0.05) is 54.5 Å². The summed E-state index contributed by atoms with van der Waals surface area (Å²) in [4.78, 5) is 26.7. The van der Waals surface area contributed by atoms with Crippen LogP contribution in [0.15, 0.2) is 42.5 Å². The molecule has 0 N–H and O–H groups in total. The number of piperidine rings is 1. The highest BCUT2D eigenvalue weighted by molar-refractivity contribution is 5.95. The smallest absolute Gasteiger partial charge is 0.253 e. The molecule has 1 fully saturated rings. The second-order valence-corrected chi connectivity index (χ2v) is 10.2. The number of para-hydroxylation sites is 1. The SMILES string of the molecule is COc1cc(C(=O)N2CCC3(CC2)C[C@@H](OC(C)C)c2ccccc2O3)ccc1C(C)(C)C=O. The molecule has 2 aromatic rings. The molecule has 0 unspecified atom stereocenters. The van der Waals surface area contributed by atoms with Gasteiger partial charge in [-0.1, -0.05) is 24.3 Å². The summed E-state index contributed by atoms with van der Waals surface area (Å²) < 4.78 is 18.3. The summed E-state index contributed by atoms with van der Waals surface area (Å²) in [6.45, 7) is 9.01. The van der Waals surface area contributed by atoms with E-state index >= 15 is 0 Å². The molecular formula is C28H35NO5. The van der Waals surface area contributed by atoms with Crippen LogP contribution in [0.2, 0.25) is 0 Å². The van der Waals surface area contributed by atoms with E-state index in [-0.39, 0.29) is 23.7 Å². The predicted molar refractivity (Wildman–Crippen MR) is 131 cm³/mol. The van der Waals surface area contributed by atoms with Crippen molar-refractivity contribution in [2.75, 3.05) is 20.2 Å². The Bertz CT molecular complexity index is 1050. The second kappa shape index (κ2) is 9.41. The molecule has 0 aliphatic carbocycles. The Hall–Kier alpha value is -2.86. The van der Waals surface area contributed by atoms with Gasteiger partial charge in [-0.15, -0.1) is 0 Å². The lowest BCUT2D eigenvalue weighted by molar-refractivity contribution is -0.111. The van der Waals surface area contributed by atoms with E-state index in [1.165, 1.54) is 0 Å². The molecular weight excluding hydrogens is 430 g/mol. The van der Waals surface area contributed by atoms with Crippen LogP contribution in [0, 0.1) is 0 Å². The molecule has 0 bridgehead atoms. The summed E-state index contributed by atoms with van der Waals surface area (Å²) in [6, 6.07) is 13.5. The van der Waals surface area contributed by atoms with E-state index in [0.717, 1.165) is 42.4 Å². The average molecular weight is 466 g/mol. The molecule has 6 heteroatoms. The monoisotopic (exact) mass is 465 g/mol. The minimum Gasteiger partial charge on any atom is -0.496 e. The van der Waals surface area contributed by atoms with E-state index in [1.54, 1.807) is 19.2 Å². The number of hydrogen-bond acceptors (Lipinski definition) is 5. The van der Waals surface area contributed by atoms with Gasteiger partial charge in [0.15, 0.2) is 0 Å². The number of hydrogen-bond donors (Lipinski definition) is 0. The molecule has 1 saturated heterocycles. The van der Waals surface area contributed by atoms with Crippen molar-refractivity contribution < 1.29 is 23.8 Å². The first-order valence-corrected chi connectivity index (χ1v) is 12.1. The van der Waals surface area contributed by atoms with E-state index in [1.807, 2.05) is 43.0 Å². The van der Waals surface area contributed by atoms with Gasteiger partial charge in [-0.3, -0.25) is 4.79 Å². The number of amides is 1. The zero-order valence-corrected chi connectivity index (χ0v) is 20.8. The van der Waals surface area contributed by atoms with Gasteiger partial charge < -0.3 is 23.9 Å². The molecule has 0 saturated carbocycles. The maximum atomic E-state index is 13.3. The van der Waals surface area contributed by atoms with Crippen LogP contribution in [0.3, 0.4) is 0 Å². The lowest BCUT2D eigenvalue weighted by Crippen LogP contribution is -2.52. The van der Waals surface area contributed by atoms with Crippen LogP contribution in [0.1, 0.15) is 74.5 Å². The molecule has 4 rings (SSSR count). The fourth-order valence-electron chi connectivity index (χ4n) is 5.04. The number of fused-ring (bicyclic) bond motifs is 1. The second-order valence-electron chi connectivity index (χ2n) is 10.2. The molecule has 0 radical (unpaired) electrons. The summed E-state index contributed by atoms with van der Waals surface area (Å²) in [5.41, 5.74) is 1.41. The number of benzene rings is 2. The van der Waals surface area contributed by atoms with Crippen LogP contribution in [-0.4, -0.2) is 49.0 Å². The number of ether oxygens (including phenoxy) is 3. The molecule has 2 aliphatic rings. The molecule has 0 aromatic heterocycles. The molecule has 34 heavy (non-hydrogen) atoms. The molecule has 6 nitrogen and oxygen atoms in total. The van der Waals surface area contributed by atoms with E-state index in [2.05, 4.69) is 19.9 Å². The molecule has 1 amide bonds. The van der Waals surface area contributed by atoms with Crippen molar-refractivity contribution in [1.82, 2.24) is 4.90 Å². The summed E-state index contributed by atoms with van der Waals surface area (Å²) >= 11 is 0. The summed E-state index contributed by atoms with van der Waals surface area (Å²) in [6.07, 6.45) is 3.29. The number of rotatable bonds is 6. The fourth-order valence-corrected chi connectivity index (χ4v) is 5.04. The Kier molecular flexibility index (Phi) is 6.72. The predicted octanol–water partition coefficient (Wildman–Crippen LogP) is 5.10. The van der Waals surface area contributed by atoms with Crippen LogP contribution in [-0.2, 0) is 14.9 Å². The Morgan fingerprint density at radius 3 is 2.53 bits per heavy atom. The quantitative estimate of drug-likeness (QED) is 0.556. The number of likely N-dealkylation sites (tertiary alicyclic amines) is 1. The third-order valence-electron chi connectivity index (χ3n) is 6.99. The molecule has 2 aromatic carbocycles. The summed E-state index contributed by atoms with van der Waals surface area (Å²) in [7, 11) is 1.56. The van der Waals surface area contributed by atoms with Crippen LogP contribution in [0.5, 0.6) is 11.5 Å². The van der Waals surface area contributed by atoms with E-state index in [0.29, 0.717) is 24.4 Å². The van der Waals surface area contributed by atoms with Crippen molar-refractivity contribution in [1.29, 1.82) is 0 Å². The average Bonchev–Trinajstić information content (AvgIpc) is 2.83. The van der Waals surface area contributed by atoms with Crippen LogP contribution in [0.4, 0.5) is 0 Å². The van der Waals surface area contributed by atoms with Gasteiger partial charge in [0.2, 0.25) is 0 Å². The fraction of sp³-hybridized carbons (Fsp3) is 0.500. The Labute approximate surface area is 202 Å². The maximum absolute atomic E-state index is 13.3. The van der Waals surface area contributed by atoms with Gasteiger partial charge in [0.25, 0.3) is 5.91 Å². The molecule has 1 atom stereocenters. The Morgan fingerprint density at radius 2 is 1.88 bits per heavy atom. The number of carbonyl (C=O) groups excluding carboxylic acids is 2. The Morgan fingerprint density at radius 1 is 1.18 bits per heavy atom. The third kappa shape index (κ3) is 4.69. The van der Waals surface area contributed by atoms with Gasteiger partial charge in [-0.25, -0.2) is 0 Å². The summed E-state index contributed by atoms with van der Waals surface area (Å²) in [5, 5.41) is 0. The number of nitrogens with zero attached hydrogens (tertiary/aromatic N) is 1. The van der Waals surface area contributed by atoms with Gasteiger partial charge in [-0.2, -0.15) is 0 Å². The number of carbonyl (C=O) groups is 2. The van der Waals surface area contributed by atoms with Crippen molar-refractivity contribution in [2.24, 2.45) is 0 Å². The minimum absolute atomic E-state index is 0.00909. The highest BCUT2D eigenvalue weighted by Crippen LogP contribution is 2.46. The minimum atomic E-state index is -0.687. The number of aldehydes is 1. The first kappa shape index (κ1) is 24.3. The summed E-state index contributed by atoms with van der Waals surface area (Å²) in [5.74, 6) is 1.41. The van der Waals surface area contributed by atoms with Crippen LogP contribution in [0.25, 0.3) is 0 Å². The molecule has 1 spiro atoms. The lowest BCUT2D eigenvalue weighted by Gasteiger charge is -2.47. The van der Waals surface area contributed by atoms with Crippen molar-refractivity contribution in [3.05, 3.63) is 59.2 Å². The highest BCUT2D eigenvalue weighted by atomic mass is 16.5. The largest absolute Gasteiger partial charge is 0.496 e. The third-order valence-corrected chi connectivity index (χ3v) is 6.99. The first-order chi connectivity index (χ1) is 16.2. The van der Waals surface area contributed by atoms with E-state index < -0.39 is 5.41 Å². The van der Waals surface area contributed by atoms with Gasteiger partial charge >= 0.3 is 0 Å². The maximum Gasteiger partial charge on any atom is 0.253 e. The Balaban J connectivity index is 1.50. The number of methoxy groups -OCH3 is 1.